The highest BCUT2D eigenvalue weighted by molar-refractivity contribution is 7.70. The van der Waals surface area contributed by atoms with Crippen LogP contribution in [0.15, 0.2) is 42.6 Å². The Kier molecular flexibility index (Phi) is 7.67. The summed E-state index contributed by atoms with van der Waals surface area (Å²) in [6, 6.07) is 11.5. The molecule has 1 unspecified atom stereocenters. The second-order valence-corrected chi connectivity index (χ2v) is 13.5. The van der Waals surface area contributed by atoms with Crippen molar-refractivity contribution in [3.05, 3.63) is 59.5 Å². The number of nitrogens with one attached hydrogen (secondary N) is 1. The van der Waals surface area contributed by atoms with Gasteiger partial charge in [0.2, 0.25) is 0 Å². The van der Waals surface area contributed by atoms with Gasteiger partial charge in [0.15, 0.2) is 11.7 Å². The summed E-state index contributed by atoms with van der Waals surface area (Å²) in [5.41, 5.74) is 2.55. The second kappa shape index (κ2) is 10.7. The first-order chi connectivity index (χ1) is 18.0. The van der Waals surface area contributed by atoms with E-state index in [4.69, 9.17) is 19.0 Å². The summed E-state index contributed by atoms with van der Waals surface area (Å²) >= 11 is 0. The van der Waals surface area contributed by atoms with Crippen molar-refractivity contribution in [1.29, 1.82) is 0 Å². The number of rotatable bonds is 10. The highest BCUT2D eigenvalue weighted by Gasteiger charge is 2.45. The first kappa shape index (κ1) is 27.3. The van der Waals surface area contributed by atoms with Crippen LogP contribution in [-0.4, -0.2) is 70.7 Å². The summed E-state index contributed by atoms with van der Waals surface area (Å²) in [6.45, 7) is -0.124. The SMILES string of the molecule is O=P(O)(O)CP(=O)(O)OC[C@H]1O[C@@H](c2cnc3c(NCc4ccccc4)nc(C4CC4)nc3c2)[C@H](O)[C@@H]1O. The number of aliphatic hydroxyl groups excluding tert-OH is 2. The molecular formula is C23H28N4O9P2. The lowest BCUT2D eigenvalue weighted by molar-refractivity contribution is -0.0186. The second-order valence-electron chi connectivity index (χ2n) is 9.50. The standard InChI is InChI=1S/C23H28N4O9P2/c28-19-17(11-35-38(33,34)12-37(30,31)32)36-21(20(19)29)15-8-16-18(24-10-15)23(27-22(26-16)14-6-7-14)25-9-13-4-2-1-3-5-13/h1-5,8,10,14,17,19-21,28-29H,6-7,9,11-12H2,(H,33,34)(H,25,26,27)(H2,30,31,32)/t17-,19-,20-,21+/m1/s1. The molecule has 0 spiro atoms. The van der Waals surface area contributed by atoms with Gasteiger partial charge in [-0.05, 0) is 24.5 Å². The van der Waals surface area contributed by atoms with E-state index in [9.17, 15) is 24.2 Å². The van der Waals surface area contributed by atoms with Gasteiger partial charge >= 0.3 is 15.2 Å². The molecule has 1 aromatic carbocycles. The molecular weight excluding hydrogens is 538 g/mol. The van der Waals surface area contributed by atoms with Crippen LogP contribution in [-0.2, 0) is 24.9 Å². The fraction of sp³-hybridized carbons (Fsp3) is 0.435. The summed E-state index contributed by atoms with van der Waals surface area (Å²) in [6.07, 6.45) is -1.71. The normalized spacial score (nSPS) is 25.4. The average Bonchev–Trinajstić information content (AvgIpc) is 3.67. The maximum Gasteiger partial charge on any atom is 0.340 e. The van der Waals surface area contributed by atoms with Gasteiger partial charge < -0.3 is 39.5 Å². The minimum Gasteiger partial charge on any atom is -0.387 e. The fourth-order valence-electron chi connectivity index (χ4n) is 4.26. The van der Waals surface area contributed by atoms with Gasteiger partial charge in [-0.2, -0.15) is 0 Å². The van der Waals surface area contributed by atoms with Crippen molar-refractivity contribution in [3.8, 4) is 0 Å². The van der Waals surface area contributed by atoms with E-state index in [0.29, 0.717) is 34.8 Å². The van der Waals surface area contributed by atoms with Crippen molar-refractivity contribution in [1.82, 2.24) is 15.0 Å². The Labute approximate surface area is 217 Å². The number of benzene rings is 1. The zero-order valence-corrected chi connectivity index (χ0v) is 21.9. The Morgan fingerprint density at radius 2 is 1.79 bits per heavy atom. The molecule has 5 rings (SSSR count). The summed E-state index contributed by atoms with van der Waals surface area (Å²) in [4.78, 5) is 41.4. The molecule has 2 fully saturated rings. The number of hydrogen-bond donors (Lipinski definition) is 6. The molecule has 2 aromatic heterocycles. The van der Waals surface area contributed by atoms with E-state index in [0.717, 1.165) is 18.4 Å². The van der Waals surface area contributed by atoms with Crippen LogP contribution < -0.4 is 5.32 Å². The molecule has 1 aliphatic carbocycles. The van der Waals surface area contributed by atoms with E-state index in [1.165, 1.54) is 6.20 Å². The summed E-state index contributed by atoms with van der Waals surface area (Å²) in [5, 5.41) is 24.4. The first-order valence-electron chi connectivity index (χ1n) is 12.0. The van der Waals surface area contributed by atoms with Crippen LogP contribution in [0.1, 0.15) is 41.8 Å². The van der Waals surface area contributed by atoms with Gasteiger partial charge in [-0.3, -0.25) is 14.1 Å². The minimum atomic E-state index is -4.81. The molecule has 2 aliphatic rings. The summed E-state index contributed by atoms with van der Waals surface area (Å²) in [5.74, 6) is 0.164. The lowest BCUT2D eigenvalue weighted by Crippen LogP contribution is -2.33. The van der Waals surface area contributed by atoms with Gasteiger partial charge in [-0.15, -0.1) is 0 Å². The molecule has 0 amide bonds. The Hall–Kier alpha value is -2.31. The zero-order valence-electron chi connectivity index (χ0n) is 20.1. The molecule has 1 aliphatic heterocycles. The third-order valence-electron chi connectivity index (χ3n) is 6.31. The Bertz CT molecular complexity index is 1400. The van der Waals surface area contributed by atoms with E-state index in [1.807, 2.05) is 30.3 Å². The Morgan fingerprint density at radius 3 is 2.47 bits per heavy atom. The molecule has 204 valence electrons. The largest absolute Gasteiger partial charge is 0.387 e. The lowest BCUT2D eigenvalue weighted by Gasteiger charge is -2.18. The molecule has 13 nitrogen and oxygen atoms in total. The third-order valence-corrected chi connectivity index (χ3v) is 9.77. The Morgan fingerprint density at radius 1 is 1.05 bits per heavy atom. The first-order valence-corrected chi connectivity index (χ1v) is 15.5. The number of fused-ring (bicyclic) bond motifs is 1. The van der Waals surface area contributed by atoms with Gasteiger partial charge in [-0.25, -0.2) is 9.97 Å². The molecule has 1 saturated heterocycles. The molecule has 5 atom stereocenters. The smallest absolute Gasteiger partial charge is 0.340 e. The van der Waals surface area contributed by atoms with Gasteiger partial charge in [-0.1, -0.05) is 30.3 Å². The van der Waals surface area contributed by atoms with Crippen LogP contribution in [0.3, 0.4) is 0 Å². The average molecular weight is 566 g/mol. The fourth-order valence-corrected chi connectivity index (χ4v) is 6.83. The molecule has 0 bridgehead atoms. The highest BCUT2D eigenvalue weighted by Crippen LogP contribution is 2.55. The Balaban J connectivity index is 1.35. The van der Waals surface area contributed by atoms with Gasteiger partial charge in [0.1, 0.15) is 35.8 Å². The molecule has 38 heavy (non-hydrogen) atoms. The van der Waals surface area contributed by atoms with Crippen molar-refractivity contribution in [2.45, 2.75) is 49.7 Å². The number of pyridine rings is 1. The number of aromatic nitrogens is 3. The van der Waals surface area contributed by atoms with Crippen LogP contribution in [0.2, 0.25) is 0 Å². The lowest BCUT2D eigenvalue weighted by atomic mass is 10.0. The zero-order chi connectivity index (χ0) is 27.1. The molecule has 15 heteroatoms. The number of nitrogens with zero attached hydrogens (tertiary/aromatic N) is 3. The van der Waals surface area contributed by atoms with Crippen LogP contribution >= 0.6 is 15.2 Å². The van der Waals surface area contributed by atoms with Crippen LogP contribution in [0.4, 0.5) is 5.82 Å². The van der Waals surface area contributed by atoms with Gasteiger partial charge in [0.05, 0.1) is 12.1 Å². The minimum absolute atomic E-state index is 0.263. The van der Waals surface area contributed by atoms with Crippen molar-refractivity contribution < 1.29 is 43.3 Å². The molecule has 3 aromatic rings. The van der Waals surface area contributed by atoms with Crippen molar-refractivity contribution in [2.24, 2.45) is 0 Å². The maximum absolute atomic E-state index is 12.0. The number of aliphatic hydroxyl groups is 2. The van der Waals surface area contributed by atoms with Crippen molar-refractivity contribution >= 4 is 32.0 Å². The summed E-state index contributed by atoms with van der Waals surface area (Å²) in [7, 11) is -9.46. The van der Waals surface area contributed by atoms with Gasteiger partial charge in [0.25, 0.3) is 0 Å². The predicted molar refractivity (Wildman–Crippen MR) is 135 cm³/mol. The quantitative estimate of drug-likeness (QED) is 0.195. The predicted octanol–water partition coefficient (Wildman–Crippen LogP) is 2.01. The molecule has 0 radical (unpaired) electrons. The number of hydrogen-bond acceptors (Lipinski definition) is 10. The monoisotopic (exact) mass is 566 g/mol. The van der Waals surface area contributed by atoms with Crippen molar-refractivity contribution in [3.63, 3.8) is 0 Å². The van der Waals surface area contributed by atoms with E-state index in [1.54, 1.807) is 6.07 Å². The van der Waals surface area contributed by atoms with Crippen LogP contribution in [0.5, 0.6) is 0 Å². The maximum atomic E-state index is 12.0. The topological polar surface area (TPSA) is 204 Å². The van der Waals surface area contributed by atoms with E-state index < -0.39 is 52.1 Å². The molecule has 6 N–H and O–H groups in total. The van der Waals surface area contributed by atoms with Crippen LogP contribution in [0.25, 0.3) is 11.0 Å². The highest BCUT2D eigenvalue weighted by atomic mass is 31.2. The van der Waals surface area contributed by atoms with E-state index >= 15 is 0 Å². The molecule has 3 heterocycles. The third kappa shape index (κ3) is 6.45. The number of ether oxygens (including phenoxy) is 1. The molecule has 1 saturated carbocycles. The van der Waals surface area contributed by atoms with E-state index in [2.05, 4.69) is 20.3 Å². The van der Waals surface area contributed by atoms with Crippen molar-refractivity contribution in [2.75, 3.05) is 17.8 Å². The van der Waals surface area contributed by atoms with Crippen LogP contribution in [0, 0.1) is 0 Å². The van der Waals surface area contributed by atoms with Gasteiger partial charge in [0, 0.05) is 24.2 Å². The van der Waals surface area contributed by atoms with E-state index in [-0.39, 0.29) is 5.92 Å². The summed E-state index contributed by atoms with van der Waals surface area (Å²) < 4.78 is 33.5. The number of anilines is 1.